The number of carbonyl (C=O) groups is 2. The van der Waals surface area contributed by atoms with E-state index in [-0.39, 0.29) is 19.1 Å². The molecule has 3 N–H and O–H groups in total. The van der Waals surface area contributed by atoms with Gasteiger partial charge in [0.1, 0.15) is 11.7 Å². The predicted octanol–water partition coefficient (Wildman–Crippen LogP) is -1.11. The van der Waals surface area contributed by atoms with Gasteiger partial charge in [-0.05, 0) is 12.8 Å². The molecule has 3 atom stereocenters. The third-order valence-electron chi connectivity index (χ3n) is 3.26. The van der Waals surface area contributed by atoms with E-state index in [9.17, 15) is 14.7 Å². The molecule has 2 saturated heterocycles. The minimum atomic E-state index is -1.05. The van der Waals surface area contributed by atoms with Gasteiger partial charge < -0.3 is 25.0 Å². The molecule has 0 aromatic heterocycles. The lowest BCUT2D eigenvalue weighted by atomic mass is 10.0. The maximum atomic E-state index is 11.7. The van der Waals surface area contributed by atoms with Gasteiger partial charge in [0.15, 0.2) is 6.10 Å². The van der Waals surface area contributed by atoms with Gasteiger partial charge in [0, 0.05) is 19.6 Å². The first-order valence-corrected chi connectivity index (χ1v) is 5.96. The van der Waals surface area contributed by atoms with Crippen molar-refractivity contribution >= 4 is 11.9 Å². The number of aliphatic hydroxyl groups is 1. The summed E-state index contributed by atoms with van der Waals surface area (Å²) in [4.78, 5) is 22.4. The highest BCUT2D eigenvalue weighted by atomic mass is 16.5. The van der Waals surface area contributed by atoms with Crippen LogP contribution >= 0.6 is 0 Å². The highest BCUT2D eigenvalue weighted by Crippen LogP contribution is 2.21. The smallest absolute Gasteiger partial charge is 0.332 e. The Kier molecular flexibility index (Phi) is 3.84. The normalized spacial score (nSPS) is 35.6. The van der Waals surface area contributed by atoms with Crippen LogP contribution in [-0.4, -0.2) is 59.7 Å². The van der Waals surface area contributed by atoms with E-state index >= 15 is 0 Å². The zero-order valence-electron chi connectivity index (χ0n) is 9.92. The summed E-state index contributed by atoms with van der Waals surface area (Å²) >= 11 is 0. The highest BCUT2D eigenvalue weighted by Gasteiger charge is 2.37. The SMILES string of the molecule is O=C(O)C1CCC(C(=O)NCC2(O)CCOC2)O1. The van der Waals surface area contributed by atoms with Crippen molar-refractivity contribution in [2.24, 2.45) is 0 Å². The van der Waals surface area contributed by atoms with Crippen LogP contribution in [0.15, 0.2) is 0 Å². The standard InChI is InChI=1S/C11H17NO6/c13-9(7-1-2-8(18-7)10(14)15)12-5-11(16)3-4-17-6-11/h7-8,16H,1-6H2,(H,12,13)(H,14,15). The summed E-state index contributed by atoms with van der Waals surface area (Å²) < 4.78 is 10.2. The van der Waals surface area contributed by atoms with E-state index in [1.807, 2.05) is 0 Å². The highest BCUT2D eigenvalue weighted by molar-refractivity contribution is 5.82. The molecule has 0 aromatic carbocycles. The second kappa shape index (κ2) is 5.21. The van der Waals surface area contributed by atoms with Crippen molar-refractivity contribution in [1.82, 2.24) is 5.32 Å². The van der Waals surface area contributed by atoms with Gasteiger partial charge >= 0.3 is 5.97 Å². The lowest BCUT2D eigenvalue weighted by Crippen LogP contribution is -2.46. The lowest BCUT2D eigenvalue weighted by molar-refractivity contribution is -0.152. The molecule has 0 saturated carbocycles. The fourth-order valence-electron chi connectivity index (χ4n) is 2.11. The Morgan fingerprint density at radius 1 is 1.33 bits per heavy atom. The number of hydrogen-bond donors (Lipinski definition) is 3. The number of carbonyl (C=O) groups excluding carboxylic acids is 1. The van der Waals surface area contributed by atoms with E-state index in [1.54, 1.807) is 0 Å². The first kappa shape index (κ1) is 13.3. The molecule has 2 aliphatic heterocycles. The monoisotopic (exact) mass is 259 g/mol. The van der Waals surface area contributed by atoms with Crippen LogP contribution in [0, 0.1) is 0 Å². The van der Waals surface area contributed by atoms with E-state index in [0.29, 0.717) is 25.9 Å². The summed E-state index contributed by atoms with van der Waals surface area (Å²) in [5, 5.41) is 21.3. The number of aliphatic carboxylic acids is 1. The van der Waals surface area contributed by atoms with Crippen LogP contribution in [-0.2, 0) is 19.1 Å². The minimum absolute atomic E-state index is 0.101. The average Bonchev–Trinajstić information content (AvgIpc) is 2.95. The molecule has 18 heavy (non-hydrogen) atoms. The molecule has 0 aromatic rings. The second-order valence-electron chi connectivity index (χ2n) is 4.77. The third-order valence-corrected chi connectivity index (χ3v) is 3.26. The number of nitrogens with one attached hydrogen (secondary N) is 1. The number of rotatable bonds is 4. The average molecular weight is 259 g/mol. The lowest BCUT2D eigenvalue weighted by Gasteiger charge is -2.21. The van der Waals surface area contributed by atoms with E-state index in [2.05, 4.69) is 5.32 Å². The summed E-state index contributed by atoms with van der Waals surface area (Å²) in [6, 6.07) is 0. The first-order chi connectivity index (χ1) is 8.50. The third kappa shape index (κ3) is 2.98. The molecular weight excluding hydrogens is 242 g/mol. The van der Waals surface area contributed by atoms with E-state index < -0.39 is 23.8 Å². The zero-order chi connectivity index (χ0) is 13.2. The Bertz CT molecular complexity index is 338. The molecule has 0 bridgehead atoms. The molecule has 0 radical (unpaired) electrons. The molecular formula is C11H17NO6. The van der Waals surface area contributed by atoms with Gasteiger partial charge in [-0.2, -0.15) is 0 Å². The van der Waals surface area contributed by atoms with Crippen LogP contribution in [0.25, 0.3) is 0 Å². The minimum Gasteiger partial charge on any atom is -0.479 e. The molecule has 2 fully saturated rings. The van der Waals surface area contributed by atoms with E-state index in [4.69, 9.17) is 14.6 Å². The van der Waals surface area contributed by atoms with Gasteiger partial charge in [-0.25, -0.2) is 4.79 Å². The number of carboxylic acid groups (broad SMARTS) is 1. The fraction of sp³-hybridized carbons (Fsp3) is 0.818. The molecule has 1 amide bonds. The number of amides is 1. The quantitative estimate of drug-likeness (QED) is 0.591. The van der Waals surface area contributed by atoms with Crippen molar-refractivity contribution in [2.45, 2.75) is 37.1 Å². The molecule has 102 valence electrons. The summed E-state index contributed by atoms with van der Waals surface area (Å²) in [5.74, 6) is -1.42. The summed E-state index contributed by atoms with van der Waals surface area (Å²) in [6.45, 7) is 0.785. The summed E-state index contributed by atoms with van der Waals surface area (Å²) in [6.07, 6.45) is -0.439. The van der Waals surface area contributed by atoms with Crippen molar-refractivity contribution in [1.29, 1.82) is 0 Å². The van der Waals surface area contributed by atoms with Crippen molar-refractivity contribution < 1.29 is 29.3 Å². The topological polar surface area (TPSA) is 105 Å². The van der Waals surface area contributed by atoms with Crippen LogP contribution in [0.1, 0.15) is 19.3 Å². The fourth-order valence-corrected chi connectivity index (χ4v) is 2.11. The second-order valence-corrected chi connectivity index (χ2v) is 4.77. The van der Waals surface area contributed by atoms with Gasteiger partial charge in [0.05, 0.1) is 6.61 Å². The molecule has 7 nitrogen and oxygen atoms in total. The molecule has 2 aliphatic rings. The van der Waals surface area contributed by atoms with Gasteiger partial charge in [0.2, 0.25) is 5.91 Å². The number of ether oxygens (including phenoxy) is 2. The Labute approximate surface area is 104 Å². The van der Waals surface area contributed by atoms with Crippen LogP contribution in [0.3, 0.4) is 0 Å². The predicted molar refractivity (Wildman–Crippen MR) is 58.9 cm³/mol. The van der Waals surface area contributed by atoms with Crippen molar-refractivity contribution in [2.75, 3.05) is 19.8 Å². The van der Waals surface area contributed by atoms with Crippen LogP contribution < -0.4 is 5.32 Å². The van der Waals surface area contributed by atoms with Crippen molar-refractivity contribution in [3.63, 3.8) is 0 Å². The zero-order valence-corrected chi connectivity index (χ0v) is 9.92. The largest absolute Gasteiger partial charge is 0.479 e. The molecule has 0 spiro atoms. The van der Waals surface area contributed by atoms with E-state index in [0.717, 1.165) is 0 Å². The first-order valence-electron chi connectivity index (χ1n) is 5.96. The van der Waals surface area contributed by atoms with Crippen molar-refractivity contribution in [3.8, 4) is 0 Å². The number of carboxylic acids is 1. The van der Waals surface area contributed by atoms with Crippen LogP contribution in [0.5, 0.6) is 0 Å². The van der Waals surface area contributed by atoms with Gasteiger partial charge in [0.25, 0.3) is 0 Å². The molecule has 2 heterocycles. The van der Waals surface area contributed by atoms with Gasteiger partial charge in [-0.3, -0.25) is 4.79 Å². The molecule has 7 heteroatoms. The summed E-state index contributed by atoms with van der Waals surface area (Å²) in [5.41, 5.74) is -1.01. The van der Waals surface area contributed by atoms with Crippen molar-refractivity contribution in [3.05, 3.63) is 0 Å². The Hall–Kier alpha value is -1.18. The Morgan fingerprint density at radius 2 is 2.06 bits per heavy atom. The maximum Gasteiger partial charge on any atom is 0.332 e. The van der Waals surface area contributed by atoms with Crippen LogP contribution in [0.4, 0.5) is 0 Å². The van der Waals surface area contributed by atoms with E-state index in [1.165, 1.54) is 0 Å². The summed E-state index contributed by atoms with van der Waals surface area (Å²) in [7, 11) is 0. The number of hydrogen-bond acceptors (Lipinski definition) is 5. The maximum absolute atomic E-state index is 11.7. The van der Waals surface area contributed by atoms with Gasteiger partial charge in [-0.15, -0.1) is 0 Å². The molecule has 3 unspecified atom stereocenters. The molecule has 2 rings (SSSR count). The Morgan fingerprint density at radius 3 is 2.61 bits per heavy atom. The Balaban J connectivity index is 1.77. The molecule has 0 aliphatic carbocycles. The van der Waals surface area contributed by atoms with Gasteiger partial charge in [-0.1, -0.05) is 0 Å². The van der Waals surface area contributed by atoms with Crippen LogP contribution in [0.2, 0.25) is 0 Å².